The zero-order valence-corrected chi connectivity index (χ0v) is 11.0. The quantitative estimate of drug-likeness (QED) is 0.844. The van der Waals surface area contributed by atoms with Crippen LogP contribution in [0, 0.1) is 26.6 Å². The Bertz CT molecular complexity index is 561. The molecule has 0 bridgehead atoms. The van der Waals surface area contributed by atoms with E-state index in [0.717, 1.165) is 5.69 Å². The van der Waals surface area contributed by atoms with E-state index in [1.54, 1.807) is 19.1 Å². The van der Waals surface area contributed by atoms with Crippen molar-refractivity contribution in [1.29, 1.82) is 0 Å². The third-order valence-corrected chi connectivity index (χ3v) is 3.15. The summed E-state index contributed by atoms with van der Waals surface area (Å²) >= 11 is 0. The van der Waals surface area contributed by atoms with Gasteiger partial charge in [0.05, 0.1) is 0 Å². The van der Waals surface area contributed by atoms with E-state index in [9.17, 15) is 4.39 Å². The molecule has 2 heteroatoms. The molecule has 2 rings (SSSR count). The van der Waals surface area contributed by atoms with Gasteiger partial charge in [-0.05, 0) is 49.6 Å². The average Bonchev–Trinajstić information content (AvgIpc) is 2.32. The lowest BCUT2D eigenvalue weighted by Crippen LogP contribution is -2.02. The number of benzene rings is 2. The van der Waals surface area contributed by atoms with E-state index in [0.29, 0.717) is 12.1 Å². The Kier molecular flexibility index (Phi) is 3.66. The van der Waals surface area contributed by atoms with Crippen LogP contribution in [0.3, 0.4) is 0 Å². The highest BCUT2D eigenvalue weighted by molar-refractivity contribution is 5.46. The van der Waals surface area contributed by atoms with Gasteiger partial charge in [0, 0.05) is 12.2 Å². The van der Waals surface area contributed by atoms with Crippen molar-refractivity contribution in [2.45, 2.75) is 27.3 Å². The number of hydrogen-bond donors (Lipinski definition) is 1. The number of nitrogens with one attached hydrogen (secondary N) is 1. The van der Waals surface area contributed by atoms with Gasteiger partial charge >= 0.3 is 0 Å². The minimum atomic E-state index is -0.166. The minimum absolute atomic E-state index is 0.166. The van der Waals surface area contributed by atoms with E-state index < -0.39 is 0 Å². The van der Waals surface area contributed by atoms with Gasteiger partial charge in [0.1, 0.15) is 5.82 Å². The van der Waals surface area contributed by atoms with Crippen LogP contribution in [0.4, 0.5) is 10.1 Å². The van der Waals surface area contributed by atoms with Crippen molar-refractivity contribution >= 4 is 5.69 Å². The molecule has 0 spiro atoms. The Morgan fingerprint density at radius 2 is 1.72 bits per heavy atom. The van der Waals surface area contributed by atoms with Crippen LogP contribution in [0.25, 0.3) is 0 Å². The van der Waals surface area contributed by atoms with E-state index in [1.807, 2.05) is 6.07 Å². The van der Waals surface area contributed by atoms with Crippen LogP contribution in [0.5, 0.6) is 0 Å². The summed E-state index contributed by atoms with van der Waals surface area (Å²) in [6.45, 7) is 6.66. The molecule has 0 aliphatic heterocycles. The summed E-state index contributed by atoms with van der Waals surface area (Å²) in [4.78, 5) is 0. The fourth-order valence-electron chi connectivity index (χ4n) is 1.94. The van der Waals surface area contributed by atoms with Gasteiger partial charge in [0.15, 0.2) is 0 Å². The maximum Gasteiger partial charge on any atom is 0.128 e. The number of rotatable bonds is 3. The molecule has 0 aromatic heterocycles. The lowest BCUT2D eigenvalue weighted by atomic mass is 10.1. The predicted molar refractivity (Wildman–Crippen MR) is 74.4 cm³/mol. The topological polar surface area (TPSA) is 12.0 Å². The lowest BCUT2D eigenvalue weighted by Gasteiger charge is -2.10. The Hall–Kier alpha value is -1.83. The largest absolute Gasteiger partial charge is 0.381 e. The van der Waals surface area contributed by atoms with E-state index >= 15 is 0 Å². The molecule has 0 aliphatic carbocycles. The van der Waals surface area contributed by atoms with Crippen molar-refractivity contribution in [2.24, 2.45) is 0 Å². The van der Waals surface area contributed by atoms with Crippen molar-refractivity contribution < 1.29 is 4.39 Å². The van der Waals surface area contributed by atoms with E-state index in [-0.39, 0.29) is 5.82 Å². The molecular formula is C16H18FN. The van der Waals surface area contributed by atoms with E-state index in [4.69, 9.17) is 0 Å². The molecule has 2 aromatic rings. The fourth-order valence-corrected chi connectivity index (χ4v) is 1.94. The molecule has 0 atom stereocenters. The molecule has 0 saturated carbocycles. The minimum Gasteiger partial charge on any atom is -0.381 e. The Balaban J connectivity index is 2.09. The SMILES string of the molecule is Cc1ccc(CNc2ccc(C)c(F)c2)c(C)c1. The maximum absolute atomic E-state index is 13.4. The average molecular weight is 243 g/mol. The molecule has 2 aromatic carbocycles. The zero-order chi connectivity index (χ0) is 13.1. The lowest BCUT2D eigenvalue weighted by molar-refractivity contribution is 0.619. The second kappa shape index (κ2) is 5.21. The molecule has 94 valence electrons. The summed E-state index contributed by atoms with van der Waals surface area (Å²) in [5.41, 5.74) is 5.25. The predicted octanol–water partition coefficient (Wildman–Crippen LogP) is 4.36. The van der Waals surface area contributed by atoms with Gasteiger partial charge in [-0.3, -0.25) is 0 Å². The maximum atomic E-state index is 13.4. The second-order valence-electron chi connectivity index (χ2n) is 4.75. The third-order valence-electron chi connectivity index (χ3n) is 3.15. The molecule has 0 heterocycles. The smallest absolute Gasteiger partial charge is 0.128 e. The van der Waals surface area contributed by atoms with Gasteiger partial charge in [-0.2, -0.15) is 0 Å². The van der Waals surface area contributed by atoms with Crippen molar-refractivity contribution in [3.05, 3.63) is 64.5 Å². The van der Waals surface area contributed by atoms with Gasteiger partial charge in [-0.15, -0.1) is 0 Å². The highest BCUT2D eigenvalue weighted by Gasteiger charge is 2.01. The van der Waals surface area contributed by atoms with E-state index in [1.165, 1.54) is 16.7 Å². The van der Waals surface area contributed by atoms with Crippen molar-refractivity contribution in [1.82, 2.24) is 0 Å². The van der Waals surface area contributed by atoms with Gasteiger partial charge < -0.3 is 5.32 Å². The molecule has 0 radical (unpaired) electrons. The Morgan fingerprint density at radius 3 is 2.39 bits per heavy atom. The zero-order valence-electron chi connectivity index (χ0n) is 11.0. The normalized spacial score (nSPS) is 10.4. The molecule has 0 amide bonds. The molecule has 0 unspecified atom stereocenters. The molecule has 0 fully saturated rings. The summed E-state index contributed by atoms with van der Waals surface area (Å²) in [5.74, 6) is -0.166. The first-order valence-corrected chi connectivity index (χ1v) is 6.12. The summed E-state index contributed by atoms with van der Waals surface area (Å²) < 4.78 is 13.4. The van der Waals surface area contributed by atoms with Gasteiger partial charge in [0.25, 0.3) is 0 Å². The van der Waals surface area contributed by atoms with Crippen LogP contribution >= 0.6 is 0 Å². The van der Waals surface area contributed by atoms with Crippen LogP contribution in [-0.4, -0.2) is 0 Å². The van der Waals surface area contributed by atoms with Crippen molar-refractivity contribution in [3.63, 3.8) is 0 Å². The van der Waals surface area contributed by atoms with Crippen LogP contribution in [0.1, 0.15) is 22.3 Å². The summed E-state index contributed by atoms with van der Waals surface area (Å²) in [7, 11) is 0. The number of hydrogen-bond acceptors (Lipinski definition) is 1. The summed E-state index contributed by atoms with van der Waals surface area (Å²) in [6, 6.07) is 11.6. The molecule has 0 aliphatic rings. The third kappa shape index (κ3) is 2.89. The second-order valence-corrected chi connectivity index (χ2v) is 4.75. The first-order valence-electron chi connectivity index (χ1n) is 6.12. The standard InChI is InChI=1S/C16H18FN/c1-11-4-6-14(13(3)8-11)10-18-15-7-5-12(2)16(17)9-15/h4-9,18H,10H2,1-3H3. The molecule has 18 heavy (non-hydrogen) atoms. The first-order chi connectivity index (χ1) is 8.56. The molecule has 0 saturated heterocycles. The number of halogens is 1. The molecular weight excluding hydrogens is 225 g/mol. The first kappa shape index (κ1) is 12.6. The van der Waals surface area contributed by atoms with Gasteiger partial charge in [-0.1, -0.05) is 29.8 Å². The Morgan fingerprint density at radius 1 is 0.944 bits per heavy atom. The number of aryl methyl sites for hydroxylation is 3. The van der Waals surface area contributed by atoms with Crippen LogP contribution in [0.2, 0.25) is 0 Å². The fraction of sp³-hybridized carbons (Fsp3) is 0.250. The van der Waals surface area contributed by atoms with Crippen LogP contribution < -0.4 is 5.32 Å². The number of anilines is 1. The van der Waals surface area contributed by atoms with Gasteiger partial charge in [0.2, 0.25) is 0 Å². The Labute approximate surface area is 108 Å². The highest BCUT2D eigenvalue weighted by Crippen LogP contribution is 2.16. The van der Waals surface area contributed by atoms with Crippen molar-refractivity contribution in [2.75, 3.05) is 5.32 Å². The van der Waals surface area contributed by atoms with E-state index in [2.05, 4.69) is 37.4 Å². The molecule has 1 nitrogen and oxygen atoms in total. The summed E-state index contributed by atoms with van der Waals surface area (Å²) in [6.07, 6.45) is 0. The monoisotopic (exact) mass is 243 g/mol. The summed E-state index contributed by atoms with van der Waals surface area (Å²) in [5, 5.41) is 3.25. The van der Waals surface area contributed by atoms with Crippen LogP contribution in [-0.2, 0) is 6.54 Å². The highest BCUT2D eigenvalue weighted by atomic mass is 19.1. The van der Waals surface area contributed by atoms with Crippen molar-refractivity contribution in [3.8, 4) is 0 Å². The van der Waals surface area contributed by atoms with Gasteiger partial charge in [-0.25, -0.2) is 4.39 Å². The van der Waals surface area contributed by atoms with Crippen LogP contribution in [0.15, 0.2) is 36.4 Å². The molecule has 1 N–H and O–H groups in total.